The molecule has 1 atom stereocenters. The van der Waals surface area contributed by atoms with Crippen LogP contribution in [0.25, 0.3) is 0 Å². The highest BCUT2D eigenvalue weighted by Crippen LogP contribution is 2.35. The van der Waals surface area contributed by atoms with Crippen molar-refractivity contribution in [2.45, 2.75) is 12.6 Å². The Kier molecular flexibility index (Phi) is 4.97. The van der Waals surface area contributed by atoms with Crippen LogP contribution in [0.4, 0.5) is 5.69 Å². The number of para-hydroxylation sites is 2. The molecule has 0 bridgehead atoms. The van der Waals surface area contributed by atoms with Gasteiger partial charge >= 0.3 is 0 Å². The number of nitrogens with zero attached hydrogens (tertiary/aromatic N) is 1. The van der Waals surface area contributed by atoms with Gasteiger partial charge in [0.2, 0.25) is 0 Å². The maximum atomic E-state index is 12.1. The molecule has 2 aromatic rings. The average molecular weight is 342 g/mol. The summed E-state index contributed by atoms with van der Waals surface area (Å²) in [6.45, 7) is 1.03. The van der Waals surface area contributed by atoms with E-state index in [0.717, 1.165) is 22.7 Å². The van der Waals surface area contributed by atoms with Crippen LogP contribution in [0.1, 0.15) is 5.56 Å². The number of ether oxygens (including phenoxy) is 3. The lowest BCUT2D eigenvalue weighted by atomic mass is 10.1. The smallest absolute Gasteiger partial charge is 0.262 e. The van der Waals surface area contributed by atoms with Gasteiger partial charge < -0.3 is 24.4 Å². The molecule has 0 aromatic heterocycles. The number of rotatable bonds is 5. The molecule has 6 heteroatoms. The van der Waals surface area contributed by atoms with Crippen molar-refractivity contribution in [2.75, 3.05) is 32.7 Å². The first-order valence-corrected chi connectivity index (χ1v) is 8.09. The molecule has 1 heterocycles. The quantitative estimate of drug-likeness (QED) is 0.903. The predicted octanol–water partition coefficient (Wildman–Crippen LogP) is 2.22. The van der Waals surface area contributed by atoms with Crippen LogP contribution in [0.5, 0.6) is 17.2 Å². The summed E-state index contributed by atoms with van der Waals surface area (Å²) in [6, 6.07) is 13.4. The normalized spacial score (nSPS) is 15.8. The third kappa shape index (κ3) is 3.47. The Bertz CT molecular complexity index is 763. The molecule has 1 aliphatic rings. The molecule has 0 radical (unpaired) electrons. The van der Waals surface area contributed by atoms with Crippen molar-refractivity contribution in [3.63, 3.8) is 0 Å². The molecule has 1 aliphatic heterocycles. The standard InChI is InChI=1S/C19H22N2O4/c1-20-19(22)18-12-21(15-6-4-5-7-17(15)25-18)11-13-10-14(23-2)8-9-16(13)24-3/h4-10,18H,11-12H2,1-3H3,(H,20,22)/t18-/m1/s1. The highest BCUT2D eigenvalue weighted by atomic mass is 16.5. The summed E-state index contributed by atoms with van der Waals surface area (Å²) in [5.41, 5.74) is 1.93. The summed E-state index contributed by atoms with van der Waals surface area (Å²) in [5.74, 6) is 2.10. The zero-order valence-corrected chi connectivity index (χ0v) is 14.6. The molecular weight excluding hydrogens is 320 g/mol. The lowest BCUT2D eigenvalue weighted by molar-refractivity contribution is -0.127. The van der Waals surface area contributed by atoms with Gasteiger partial charge in [-0.2, -0.15) is 0 Å². The Labute approximate surface area is 147 Å². The topological polar surface area (TPSA) is 60.0 Å². The first-order valence-electron chi connectivity index (χ1n) is 8.09. The SMILES string of the molecule is CNC(=O)[C@H]1CN(Cc2cc(OC)ccc2OC)c2ccccc2O1. The van der Waals surface area contributed by atoms with Crippen LogP contribution in [0.3, 0.4) is 0 Å². The number of benzene rings is 2. The van der Waals surface area contributed by atoms with Crippen LogP contribution in [-0.2, 0) is 11.3 Å². The molecule has 0 saturated heterocycles. The Morgan fingerprint density at radius 1 is 1.24 bits per heavy atom. The third-order valence-corrected chi connectivity index (χ3v) is 4.25. The van der Waals surface area contributed by atoms with Crippen molar-refractivity contribution in [3.8, 4) is 17.2 Å². The largest absolute Gasteiger partial charge is 0.497 e. The maximum absolute atomic E-state index is 12.1. The van der Waals surface area contributed by atoms with Crippen LogP contribution in [0.15, 0.2) is 42.5 Å². The number of nitrogens with one attached hydrogen (secondary N) is 1. The minimum atomic E-state index is -0.559. The maximum Gasteiger partial charge on any atom is 0.262 e. The molecule has 6 nitrogen and oxygen atoms in total. The molecule has 0 saturated carbocycles. The molecule has 1 N–H and O–H groups in total. The van der Waals surface area contributed by atoms with Gasteiger partial charge in [0.1, 0.15) is 17.2 Å². The number of methoxy groups -OCH3 is 2. The minimum Gasteiger partial charge on any atom is -0.497 e. The number of hydrogen-bond acceptors (Lipinski definition) is 5. The van der Waals surface area contributed by atoms with E-state index in [9.17, 15) is 4.79 Å². The van der Waals surface area contributed by atoms with Gasteiger partial charge in [-0.15, -0.1) is 0 Å². The summed E-state index contributed by atoms with van der Waals surface area (Å²) in [6.07, 6.45) is -0.559. The lowest BCUT2D eigenvalue weighted by Crippen LogP contribution is -2.47. The minimum absolute atomic E-state index is 0.142. The monoisotopic (exact) mass is 342 g/mol. The van der Waals surface area contributed by atoms with Crippen molar-refractivity contribution >= 4 is 11.6 Å². The Balaban J connectivity index is 1.94. The molecule has 0 spiro atoms. The molecule has 3 rings (SSSR count). The van der Waals surface area contributed by atoms with Gasteiger partial charge in [0.25, 0.3) is 5.91 Å². The summed E-state index contributed by atoms with van der Waals surface area (Å²) < 4.78 is 16.6. The van der Waals surface area contributed by atoms with Gasteiger partial charge in [0.15, 0.2) is 6.10 Å². The lowest BCUT2D eigenvalue weighted by Gasteiger charge is -2.35. The van der Waals surface area contributed by atoms with Crippen LogP contribution in [0.2, 0.25) is 0 Å². The van der Waals surface area contributed by atoms with Gasteiger partial charge in [-0.3, -0.25) is 4.79 Å². The summed E-state index contributed by atoms with van der Waals surface area (Å²) in [4.78, 5) is 14.2. The number of carbonyl (C=O) groups excluding carboxylic acids is 1. The van der Waals surface area contributed by atoms with Crippen molar-refractivity contribution in [1.29, 1.82) is 0 Å². The van der Waals surface area contributed by atoms with Gasteiger partial charge in [-0.1, -0.05) is 12.1 Å². The van der Waals surface area contributed by atoms with E-state index in [-0.39, 0.29) is 5.91 Å². The van der Waals surface area contributed by atoms with E-state index in [0.29, 0.717) is 18.8 Å². The summed E-state index contributed by atoms with van der Waals surface area (Å²) in [7, 11) is 4.89. The van der Waals surface area contributed by atoms with Crippen molar-refractivity contribution in [2.24, 2.45) is 0 Å². The highest BCUT2D eigenvalue weighted by Gasteiger charge is 2.30. The van der Waals surface area contributed by atoms with Crippen molar-refractivity contribution < 1.29 is 19.0 Å². The second-order valence-corrected chi connectivity index (χ2v) is 5.75. The molecule has 0 unspecified atom stereocenters. The Morgan fingerprint density at radius 3 is 2.76 bits per heavy atom. The fourth-order valence-electron chi connectivity index (χ4n) is 2.97. The van der Waals surface area contributed by atoms with Gasteiger partial charge in [0, 0.05) is 19.2 Å². The first kappa shape index (κ1) is 17.0. The summed E-state index contributed by atoms with van der Waals surface area (Å²) in [5, 5.41) is 2.66. The second kappa shape index (κ2) is 7.34. The Hall–Kier alpha value is -2.89. The first-order chi connectivity index (χ1) is 12.2. The number of hydrogen-bond donors (Lipinski definition) is 1. The summed E-state index contributed by atoms with van der Waals surface area (Å²) >= 11 is 0. The van der Waals surface area contributed by atoms with Crippen LogP contribution >= 0.6 is 0 Å². The number of amides is 1. The van der Waals surface area contributed by atoms with E-state index in [1.807, 2.05) is 42.5 Å². The fraction of sp³-hybridized carbons (Fsp3) is 0.316. The van der Waals surface area contributed by atoms with E-state index in [1.54, 1.807) is 21.3 Å². The molecule has 132 valence electrons. The molecule has 0 fully saturated rings. The van der Waals surface area contributed by atoms with Crippen LogP contribution in [0, 0.1) is 0 Å². The number of fused-ring (bicyclic) bond motifs is 1. The molecular formula is C19H22N2O4. The third-order valence-electron chi connectivity index (χ3n) is 4.25. The van der Waals surface area contributed by atoms with Crippen LogP contribution < -0.4 is 24.4 Å². The predicted molar refractivity (Wildman–Crippen MR) is 95.5 cm³/mol. The molecule has 25 heavy (non-hydrogen) atoms. The molecule has 1 amide bonds. The van der Waals surface area contributed by atoms with E-state index in [2.05, 4.69) is 10.2 Å². The zero-order chi connectivity index (χ0) is 17.8. The number of carbonyl (C=O) groups is 1. The van der Waals surface area contributed by atoms with E-state index >= 15 is 0 Å². The Morgan fingerprint density at radius 2 is 2.04 bits per heavy atom. The second-order valence-electron chi connectivity index (χ2n) is 5.75. The zero-order valence-electron chi connectivity index (χ0n) is 14.6. The van der Waals surface area contributed by atoms with E-state index in [4.69, 9.17) is 14.2 Å². The van der Waals surface area contributed by atoms with Gasteiger partial charge in [0.05, 0.1) is 26.5 Å². The van der Waals surface area contributed by atoms with Gasteiger partial charge in [-0.25, -0.2) is 0 Å². The number of anilines is 1. The van der Waals surface area contributed by atoms with Gasteiger partial charge in [-0.05, 0) is 30.3 Å². The fourth-order valence-corrected chi connectivity index (χ4v) is 2.97. The molecule has 0 aliphatic carbocycles. The van der Waals surface area contributed by atoms with Crippen molar-refractivity contribution in [1.82, 2.24) is 5.32 Å². The van der Waals surface area contributed by atoms with Crippen molar-refractivity contribution in [3.05, 3.63) is 48.0 Å². The van der Waals surface area contributed by atoms with Crippen LogP contribution in [-0.4, -0.2) is 39.8 Å². The molecule has 2 aromatic carbocycles. The highest BCUT2D eigenvalue weighted by molar-refractivity contribution is 5.83. The van der Waals surface area contributed by atoms with E-state index < -0.39 is 6.10 Å². The number of likely N-dealkylation sites (N-methyl/N-ethyl adjacent to an activating group) is 1. The van der Waals surface area contributed by atoms with E-state index in [1.165, 1.54) is 0 Å². The average Bonchev–Trinajstić information content (AvgIpc) is 2.67.